The Morgan fingerprint density at radius 2 is 1.77 bits per heavy atom. The Hall–Kier alpha value is -3.30. The Morgan fingerprint density at radius 1 is 1.00 bits per heavy atom. The summed E-state index contributed by atoms with van der Waals surface area (Å²) in [6.07, 6.45) is 4.90. The van der Waals surface area contributed by atoms with Crippen LogP contribution in [0.3, 0.4) is 0 Å². The van der Waals surface area contributed by atoms with Gasteiger partial charge in [0.15, 0.2) is 5.65 Å². The van der Waals surface area contributed by atoms with Gasteiger partial charge in [-0.3, -0.25) is 4.98 Å². The first-order chi connectivity index (χ1) is 14.9. The number of pyridine rings is 2. The maximum Gasteiger partial charge on any atom is 0.242 e. The van der Waals surface area contributed by atoms with Crippen LogP contribution in [0.5, 0.6) is 5.75 Å². The number of nitrogens with zero attached hydrogens (tertiary/aromatic N) is 4. The van der Waals surface area contributed by atoms with E-state index in [2.05, 4.69) is 19.9 Å². The number of aromatic nitrogens is 4. The van der Waals surface area contributed by atoms with E-state index in [0.717, 1.165) is 40.3 Å². The fourth-order valence-corrected chi connectivity index (χ4v) is 4.12. The molecule has 0 saturated heterocycles. The molecule has 0 atom stereocenters. The molecular weight excluding hydrogens is 414 g/mol. The minimum absolute atomic E-state index is 0.255. The van der Waals surface area contributed by atoms with Gasteiger partial charge in [0, 0.05) is 50.2 Å². The third-order valence-corrected chi connectivity index (χ3v) is 6.82. The number of ether oxygens (including phenoxy) is 1. The molecule has 0 aliphatic rings. The van der Waals surface area contributed by atoms with Gasteiger partial charge in [0.25, 0.3) is 0 Å². The third-order valence-electron chi connectivity index (χ3n) is 4.99. The first kappa shape index (κ1) is 21.0. The van der Waals surface area contributed by atoms with Crippen LogP contribution in [-0.2, 0) is 22.9 Å². The second kappa shape index (κ2) is 8.44. The van der Waals surface area contributed by atoms with Crippen molar-refractivity contribution in [2.45, 2.75) is 17.7 Å². The summed E-state index contributed by atoms with van der Waals surface area (Å²) in [5.41, 5.74) is 4.16. The summed E-state index contributed by atoms with van der Waals surface area (Å²) in [5, 5.41) is 0. The van der Waals surface area contributed by atoms with E-state index < -0.39 is 10.0 Å². The van der Waals surface area contributed by atoms with Crippen molar-refractivity contribution in [1.82, 2.24) is 24.2 Å². The lowest BCUT2D eigenvalue weighted by atomic mass is 10.1. The molecular formula is C22H23N5O3S. The van der Waals surface area contributed by atoms with Crippen LogP contribution in [0.25, 0.3) is 22.3 Å². The van der Waals surface area contributed by atoms with Gasteiger partial charge in [-0.1, -0.05) is 12.1 Å². The summed E-state index contributed by atoms with van der Waals surface area (Å²) in [7, 11) is 1.21. The molecule has 160 valence electrons. The SMILES string of the molecule is COc1ccnc(CCc2nc3ncc(-c4ccc(S(=O)(=O)N(C)C)cc4)cc3[nH]2)c1. The van der Waals surface area contributed by atoms with Gasteiger partial charge in [0.05, 0.1) is 17.5 Å². The predicted octanol–water partition coefficient (Wildman–Crippen LogP) is 3.06. The highest BCUT2D eigenvalue weighted by atomic mass is 32.2. The minimum atomic E-state index is -3.45. The van der Waals surface area contributed by atoms with Crippen molar-refractivity contribution in [1.29, 1.82) is 0 Å². The molecule has 0 aliphatic carbocycles. The Bertz CT molecular complexity index is 1310. The number of hydrogen-bond acceptors (Lipinski definition) is 6. The topological polar surface area (TPSA) is 101 Å². The van der Waals surface area contributed by atoms with Crippen molar-refractivity contribution in [3.05, 3.63) is 66.4 Å². The number of nitrogens with one attached hydrogen (secondary N) is 1. The third kappa shape index (κ3) is 4.42. The zero-order chi connectivity index (χ0) is 22.0. The standard InChI is InChI=1S/C22H23N5O3S/c1-27(2)31(28,29)19-7-4-15(5-8-19)16-12-20-22(24-14-16)26-21(25-20)9-6-17-13-18(30-3)10-11-23-17/h4-5,7-8,10-14H,6,9H2,1-3H3,(H,24,25,26). The van der Waals surface area contributed by atoms with Crippen LogP contribution in [0.4, 0.5) is 0 Å². The Kier molecular flexibility index (Phi) is 5.71. The van der Waals surface area contributed by atoms with E-state index in [1.54, 1.807) is 43.8 Å². The summed E-state index contributed by atoms with van der Waals surface area (Å²) in [4.78, 5) is 17.0. The van der Waals surface area contributed by atoms with Crippen molar-refractivity contribution in [2.24, 2.45) is 0 Å². The van der Waals surface area contributed by atoms with Crippen LogP contribution in [-0.4, -0.2) is 53.9 Å². The van der Waals surface area contributed by atoms with Gasteiger partial charge < -0.3 is 9.72 Å². The van der Waals surface area contributed by atoms with Crippen LogP contribution in [0.1, 0.15) is 11.5 Å². The molecule has 4 aromatic rings. The van der Waals surface area contributed by atoms with E-state index in [-0.39, 0.29) is 4.90 Å². The molecule has 0 radical (unpaired) electrons. The molecule has 4 rings (SSSR count). The minimum Gasteiger partial charge on any atom is -0.497 e. The van der Waals surface area contributed by atoms with Crippen LogP contribution in [0.15, 0.2) is 59.8 Å². The molecule has 1 aromatic carbocycles. The number of imidazole rings is 1. The number of aryl methyl sites for hydroxylation is 2. The Labute approximate surface area is 181 Å². The molecule has 9 heteroatoms. The summed E-state index contributed by atoms with van der Waals surface area (Å²) >= 11 is 0. The molecule has 0 unspecified atom stereocenters. The van der Waals surface area contributed by atoms with E-state index in [1.165, 1.54) is 18.4 Å². The predicted molar refractivity (Wildman–Crippen MR) is 118 cm³/mol. The van der Waals surface area contributed by atoms with E-state index in [0.29, 0.717) is 12.1 Å². The van der Waals surface area contributed by atoms with Gasteiger partial charge in [-0.2, -0.15) is 0 Å². The van der Waals surface area contributed by atoms with E-state index in [1.807, 2.05) is 18.2 Å². The fraction of sp³-hybridized carbons (Fsp3) is 0.227. The van der Waals surface area contributed by atoms with Crippen LogP contribution >= 0.6 is 0 Å². The molecule has 3 aromatic heterocycles. The lowest BCUT2D eigenvalue weighted by molar-refractivity contribution is 0.413. The molecule has 0 bridgehead atoms. The highest BCUT2D eigenvalue weighted by Crippen LogP contribution is 2.24. The van der Waals surface area contributed by atoms with Gasteiger partial charge in [0.2, 0.25) is 10.0 Å². The van der Waals surface area contributed by atoms with Crippen LogP contribution in [0, 0.1) is 0 Å². The molecule has 31 heavy (non-hydrogen) atoms. The maximum absolute atomic E-state index is 12.2. The van der Waals surface area contributed by atoms with Crippen molar-refractivity contribution in [3.8, 4) is 16.9 Å². The van der Waals surface area contributed by atoms with Gasteiger partial charge in [-0.05, 0) is 36.2 Å². The Balaban J connectivity index is 1.53. The van der Waals surface area contributed by atoms with Crippen molar-refractivity contribution >= 4 is 21.2 Å². The average molecular weight is 438 g/mol. The number of fused-ring (bicyclic) bond motifs is 1. The van der Waals surface area contributed by atoms with Crippen molar-refractivity contribution in [2.75, 3.05) is 21.2 Å². The first-order valence-electron chi connectivity index (χ1n) is 9.73. The number of methoxy groups -OCH3 is 1. The Morgan fingerprint density at radius 3 is 2.48 bits per heavy atom. The molecule has 3 heterocycles. The average Bonchev–Trinajstić information content (AvgIpc) is 3.20. The molecule has 0 fully saturated rings. The number of aromatic amines is 1. The van der Waals surface area contributed by atoms with Gasteiger partial charge in [0.1, 0.15) is 11.6 Å². The summed E-state index contributed by atoms with van der Waals surface area (Å²) in [5.74, 6) is 1.61. The van der Waals surface area contributed by atoms with Crippen LogP contribution < -0.4 is 4.74 Å². The quantitative estimate of drug-likeness (QED) is 0.477. The number of H-pyrrole nitrogens is 1. The summed E-state index contributed by atoms with van der Waals surface area (Å²) in [6, 6.07) is 12.5. The first-order valence-corrected chi connectivity index (χ1v) is 11.2. The fourth-order valence-electron chi connectivity index (χ4n) is 3.22. The zero-order valence-electron chi connectivity index (χ0n) is 17.5. The summed E-state index contributed by atoms with van der Waals surface area (Å²) in [6.45, 7) is 0. The highest BCUT2D eigenvalue weighted by molar-refractivity contribution is 7.89. The molecule has 0 spiro atoms. The molecule has 8 nitrogen and oxygen atoms in total. The zero-order valence-corrected chi connectivity index (χ0v) is 18.3. The smallest absolute Gasteiger partial charge is 0.242 e. The van der Waals surface area contributed by atoms with Crippen molar-refractivity contribution < 1.29 is 13.2 Å². The normalized spacial score (nSPS) is 11.9. The van der Waals surface area contributed by atoms with Crippen molar-refractivity contribution in [3.63, 3.8) is 0 Å². The lowest BCUT2D eigenvalue weighted by Gasteiger charge is -2.11. The highest BCUT2D eigenvalue weighted by Gasteiger charge is 2.17. The molecule has 0 saturated carbocycles. The molecule has 0 amide bonds. The number of rotatable bonds is 7. The van der Waals surface area contributed by atoms with E-state index in [4.69, 9.17) is 4.74 Å². The van der Waals surface area contributed by atoms with Gasteiger partial charge in [-0.15, -0.1) is 0 Å². The number of benzene rings is 1. The second-order valence-corrected chi connectivity index (χ2v) is 9.43. The second-order valence-electron chi connectivity index (χ2n) is 7.28. The number of sulfonamides is 1. The van der Waals surface area contributed by atoms with Gasteiger partial charge in [-0.25, -0.2) is 22.7 Å². The van der Waals surface area contributed by atoms with E-state index >= 15 is 0 Å². The maximum atomic E-state index is 12.2. The summed E-state index contributed by atoms with van der Waals surface area (Å²) < 4.78 is 30.9. The number of hydrogen-bond donors (Lipinski definition) is 1. The monoisotopic (exact) mass is 437 g/mol. The largest absolute Gasteiger partial charge is 0.497 e. The van der Waals surface area contributed by atoms with E-state index in [9.17, 15) is 8.42 Å². The van der Waals surface area contributed by atoms with Crippen LogP contribution in [0.2, 0.25) is 0 Å². The molecule has 0 aliphatic heterocycles. The van der Waals surface area contributed by atoms with Gasteiger partial charge >= 0.3 is 0 Å². The molecule has 1 N–H and O–H groups in total. The lowest BCUT2D eigenvalue weighted by Crippen LogP contribution is -2.22.